The number of amides is 1. The minimum Gasteiger partial charge on any atom is -0.508 e. The zero-order valence-corrected chi connectivity index (χ0v) is 16.6. The van der Waals surface area contributed by atoms with Crippen LogP contribution in [0, 0.1) is 5.82 Å². The number of nitrogens with zero attached hydrogens (tertiary/aromatic N) is 1. The molecule has 30 heavy (non-hydrogen) atoms. The molecular formula is C23H17FN2O3S. The molecule has 0 saturated heterocycles. The van der Waals surface area contributed by atoms with Gasteiger partial charge in [-0.1, -0.05) is 42.5 Å². The number of nitrogens with one attached hydrogen (secondary N) is 1. The maximum Gasteiger partial charge on any atom is 0.231 e. The van der Waals surface area contributed by atoms with Crippen LogP contribution in [-0.2, 0) is 11.2 Å². The Hall–Kier alpha value is -3.58. The monoisotopic (exact) mass is 420 g/mol. The zero-order valence-electron chi connectivity index (χ0n) is 15.7. The first kappa shape index (κ1) is 19.7. The summed E-state index contributed by atoms with van der Waals surface area (Å²) in [6.07, 6.45) is -0.157. The van der Waals surface area contributed by atoms with Crippen molar-refractivity contribution in [3.63, 3.8) is 0 Å². The fraction of sp³-hybridized carbons (Fsp3) is 0.0435. The minimum atomic E-state index is -0.577. The number of anilines is 1. The molecule has 1 aromatic heterocycles. The van der Waals surface area contributed by atoms with E-state index in [9.17, 15) is 14.3 Å². The predicted octanol–water partition coefficient (Wildman–Crippen LogP) is 5.32. The molecule has 0 unspecified atom stereocenters. The van der Waals surface area contributed by atoms with Gasteiger partial charge in [0, 0.05) is 27.7 Å². The molecule has 0 spiro atoms. The molecule has 5 nitrogen and oxygen atoms in total. The molecular weight excluding hydrogens is 403 g/mol. The van der Waals surface area contributed by atoms with Crippen molar-refractivity contribution in [3.05, 3.63) is 84.2 Å². The van der Waals surface area contributed by atoms with E-state index < -0.39 is 11.7 Å². The Bertz CT molecular complexity index is 1210. The van der Waals surface area contributed by atoms with Crippen molar-refractivity contribution in [2.75, 3.05) is 5.32 Å². The van der Waals surface area contributed by atoms with E-state index in [1.165, 1.54) is 12.1 Å². The summed E-state index contributed by atoms with van der Waals surface area (Å²) >= 11 is 4.48. The van der Waals surface area contributed by atoms with Gasteiger partial charge in [0.25, 0.3) is 0 Å². The standard InChI is InChI=1S/C23H17FN2O3S/c24-16-11-10-15(18(27)13-16)12-20(28)25-23-21(17-8-4-5-9-19(17)30)26-22(29-23)14-6-2-1-3-7-14/h1-11,13,27,30H,12H2,(H,25,28). The molecule has 150 valence electrons. The van der Waals surface area contributed by atoms with Crippen LogP contribution in [-0.4, -0.2) is 16.0 Å². The van der Waals surface area contributed by atoms with Crippen molar-refractivity contribution < 1.29 is 18.7 Å². The largest absolute Gasteiger partial charge is 0.508 e. The second kappa shape index (κ2) is 8.42. The lowest BCUT2D eigenvalue weighted by molar-refractivity contribution is -0.115. The molecule has 0 aliphatic heterocycles. The van der Waals surface area contributed by atoms with Gasteiger partial charge in [0.15, 0.2) is 0 Å². The first-order valence-corrected chi connectivity index (χ1v) is 9.58. The third kappa shape index (κ3) is 4.21. The average Bonchev–Trinajstić information content (AvgIpc) is 3.14. The smallest absolute Gasteiger partial charge is 0.231 e. The van der Waals surface area contributed by atoms with Gasteiger partial charge in [0.05, 0.1) is 6.42 Å². The van der Waals surface area contributed by atoms with Crippen LogP contribution in [0.1, 0.15) is 5.56 Å². The number of thiol groups is 1. The van der Waals surface area contributed by atoms with Crippen LogP contribution in [0.2, 0.25) is 0 Å². The van der Waals surface area contributed by atoms with Gasteiger partial charge in [-0.3, -0.25) is 10.1 Å². The summed E-state index contributed by atoms with van der Waals surface area (Å²) in [5.74, 6) is -0.782. The highest BCUT2D eigenvalue weighted by atomic mass is 32.1. The Morgan fingerprint density at radius 3 is 2.53 bits per heavy atom. The number of phenols is 1. The topological polar surface area (TPSA) is 75.4 Å². The number of benzene rings is 3. The van der Waals surface area contributed by atoms with Crippen LogP contribution in [0.4, 0.5) is 10.3 Å². The highest BCUT2D eigenvalue weighted by Crippen LogP contribution is 2.35. The zero-order chi connectivity index (χ0) is 21.1. The van der Waals surface area contributed by atoms with Crippen molar-refractivity contribution in [1.82, 2.24) is 4.98 Å². The molecule has 0 bridgehead atoms. The quantitative estimate of drug-likeness (QED) is 0.382. The third-order valence-electron chi connectivity index (χ3n) is 4.46. The number of halogens is 1. The van der Waals surface area contributed by atoms with E-state index in [4.69, 9.17) is 4.42 Å². The summed E-state index contributed by atoms with van der Waals surface area (Å²) in [5.41, 5.74) is 2.20. The van der Waals surface area contributed by atoms with Crippen molar-refractivity contribution in [1.29, 1.82) is 0 Å². The summed E-state index contributed by atoms with van der Waals surface area (Å²) in [6.45, 7) is 0. The lowest BCUT2D eigenvalue weighted by atomic mass is 10.1. The van der Waals surface area contributed by atoms with Gasteiger partial charge in [-0.25, -0.2) is 9.37 Å². The molecule has 3 aromatic carbocycles. The lowest BCUT2D eigenvalue weighted by Gasteiger charge is -2.07. The Labute approximate surface area is 177 Å². The predicted molar refractivity (Wildman–Crippen MR) is 115 cm³/mol. The number of aromatic nitrogens is 1. The van der Waals surface area contributed by atoms with E-state index in [0.29, 0.717) is 27.6 Å². The van der Waals surface area contributed by atoms with Gasteiger partial charge in [-0.2, -0.15) is 0 Å². The van der Waals surface area contributed by atoms with Gasteiger partial charge in [-0.15, -0.1) is 12.6 Å². The van der Waals surface area contributed by atoms with Crippen molar-refractivity contribution >= 4 is 24.4 Å². The lowest BCUT2D eigenvalue weighted by Crippen LogP contribution is -2.14. The van der Waals surface area contributed by atoms with Crippen LogP contribution in [0.25, 0.3) is 22.7 Å². The Kier molecular flexibility index (Phi) is 5.54. The van der Waals surface area contributed by atoms with E-state index in [1.54, 1.807) is 0 Å². The second-order valence-electron chi connectivity index (χ2n) is 6.58. The summed E-state index contributed by atoms with van der Waals surface area (Å²) in [7, 11) is 0. The molecule has 0 aliphatic rings. The Morgan fingerprint density at radius 1 is 1.07 bits per heavy atom. The van der Waals surface area contributed by atoms with Crippen LogP contribution >= 0.6 is 12.6 Å². The van der Waals surface area contributed by atoms with Crippen LogP contribution in [0.5, 0.6) is 5.75 Å². The van der Waals surface area contributed by atoms with Crippen molar-refractivity contribution in [2.45, 2.75) is 11.3 Å². The van der Waals surface area contributed by atoms with Gasteiger partial charge < -0.3 is 9.52 Å². The summed E-state index contributed by atoms with van der Waals surface area (Å²) in [4.78, 5) is 17.9. The number of oxazole rings is 1. The molecule has 0 aliphatic carbocycles. The molecule has 0 radical (unpaired) electrons. The van der Waals surface area contributed by atoms with Gasteiger partial charge >= 0.3 is 0 Å². The van der Waals surface area contributed by atoms with Crippen LogP contribution in [0.15, 0.2) is 82.1 Å². The molecule has 2 N–H and O–H groups in total. The summed E-state index contributed by atoms with van der Waals surface area (Å²) < 4.78 is 19.1. The first-order chi connectivity index (χ1) is 14.5. The van der Waals surface area contributed by atoms with E-state index in [2.05, 4.69) is 22.9 Å². The molecule has 0 atom stereocenters. The Morgan fingerprint density at radius 2 is 1.80 bits per heavy atom. The van der Waals surface area contributed by atoms with Crippen LogP contribution < -0.4 is 5.32 Å². The van der Waals surface area contributed by atoms with E-state index >= 15 is 0 Å². The number of aromatic hydroxyl groups is 1. The highest BCUT2D eigenvalue weighted by Gasteiger charge is 2.20. The van der Waals surface area contributed by atoms with E-state index in [1.807, 2.05) is 54.6 Å². The van der Waals surface area contributed by atoms with Crippen molar-refractivity contribution in [2.24, 2.45) is 0 Å². The van der Waals surface area contributed by atoms with Gasteiger partial charge in [0.1, 0.15) is 17.3 Å². The molecule has 4 aromatic rings. The highest BCUT2D eigenvalue weighted by molar-refractivity contribution is 7.80. The third-order valence-corrected chi connectivity index (χ3v) is 4.85. The normalized spacial score (nSPS) is 10.7. The minimum absolute atomic E-state index is 0.157. The fourth-order valence-electron chi connectivity index (χ4n) is 3.00. The van der Waals surface area contributed by atoms with Gasteiger partial charge in [-0.05, 0) is 24.3 Å². The average molecular weight is 420 g/mol. The maximum atomic E-state index is 13.2. The molecule has 1 amide bonds. The molecule has 4 rings (SSSR count). The Balaban J connectivity index is 1.68. The maximum absolute atomic E-state index is 13.2. The SMILES string of the molecule is O=C(Cc1ccc(F)cc1O)Nc1oc(-c2ccccc2)nc1-c1ccccc1S. The molecule has 0 saturated carbocycles. The van der Waals surface area contributed by atoms with Crippen molar-refractivity contribution in [3.8, 4) is 28.5 Å². The number of rotatable bonds is 5. The summed E-state index contributed by atoms with van der Waals surface area (Å²) in [6, 6.07) is 20.2. The molecule has 0 fully saturated rings. The summed E-state index contributed by atoms with van der Waals surface area (Å²) in [5, 5.41) is 12.6. The molecule has 1 heterocycles. The van der Waals surface area contributed by atoms with Crippen LogP contribution in [0.3, 0.4) is 0 Å². The van der Waals surface area contributed by atoms with E-state index in [-0.39, 0.29) is 18.1 Å². The number of carbonyl (C=O) groups is 1. The second-order valence-corrected chi connectivity index (χ2v) is 7.06. The number of hydrogen-bond donors (Lipinski definition) is 3. The fourth-order valence-corrected chi connectivity index (χ4v) is 3.26. The first-order valence-electron chi connectivity index (χ1n) is 9.13. The molecule has 7 heteroatoms. The number of hydrogen-bond acceptors (Lipinski definition) is 5. The van der Waals surface area contributed by atoms with Gasteiger partial charge in [0.2, 0.25) is 17.7 Å². The number of carbonyl (C=O) groups excluding carboxylic acids is 1. The van der Waals surface area contributed by atoms with E-state index in [0.717, 1.165) is 11.6 Å². The number of phenolic OH excluding ortho intramolecular Hbond substituents is 1.